The molecule has 29 heavy (non-hydrogen) atoms. The molecule has 1 aliphatic rings. The Hall–Kier alpha value is -2.34. The molecule has 2 aromatic carbocycles. The summed E-state index contributed by atoms with van der Waals surface area (Å²) in [5.74, 6) is 0.703. The van der Waals surface area contributed by atoms with Gasteiger partial charge in [-0.05, 0) is 30.0 Å². The fourth-order valence-corrected chi connectivity index (χ4v) is 4.43. The maximum absolute atomic E-state index is 13.2. The van der Waals surface area contributed by atoms with E-state index in [4.69, 9.17) is 10.5 Å². The van der Waals surface area contributed by atoms with Gasteiger partial charge in [-0.2, -0.15) is 0 Å². The summed E-state index contributed by atoms with van der Waals surface area (Å²) in [7, 11) is 0. The zero-order chi connectivity index (χ0) is 19.3. The number of carbonyl (C=O) groups excluding carboxylic acids is 1. The number of piperidine rings is 1. The number of likely N-dealkylation sites (tertiary alicyclic amines) is 1. The van der Waals surface area contributed by atoms with Crippen LogP contribution >= 0.6 is 23.7 Å². The second-order valence-corrected chi connectivity index (χ2v) is 8.13. The molecule has 0 unspecified atom stereocenters. The third-order valence-electron chi connectivity index (χ3n) is 5.01. The summed E-state index contributed by atoms with van der Waals surface area (Å²) in [6.45, 7) is 1.85. The Bertz CT molecular complexity index is 923. The number of rotatable bonds is 5. The lowest BCUT2D eigenvalue weighted by atomic mass is 10.1. The lowest BCUT2D eigenvalue weighted by Crippen LogP contribution is -2.42. The van der Waals surface area contributed by atoms with Gasteiger partial charge < -0.3 is 15.4 Å². The van der Waals surface area contributed by atoms with E-state index in [0.29, 0.717) is 30.3 Å². The quantitative estimate of drug-likeness (QED) is 0.623. The molecule has 1 saturated heterocycles. The number of hydrogen-bond donors (Lipinski definition) is 1. The fraction of sp³-hybridized carbons (Fsp3) is 0.261. The lowest BCUT2D eigenvalue weighted by Gasteiger charge is -2.30. The number of carbonyl (C=O) groups is 1. The highest BCUT2D eigenvalue weighted by atomic mass is 35.5. The SMILES string of the molecule is Cl.NC1CCN(C(=O)c2sc(-c3ccccc3)cc2OCc2ccccc2)CC1. The van der Waals surface area contributed by atoms with Crippen LogP contribution in [0.2, 0.25) is 0 Å². The maximum Gasteiger partial charge on any atom is 0.267 e. The summed E-state index contributed by atoms with van der Waals surface area (Å²) >= 11 is 1.50. The van der Waals surface area contributed by atoms with Crippen molar-refractivity contribution in [2.24, 2.45) is 5.73 Å². The first-order valence-corrected chi connectivity index (χ1v) is 10.4. The summed E-state index contributed by atoms with van der Waals surface area (Å²) in [5, 5.41) is 0. The Morgan fingerprint density at radius 1 is 1.03 bits per heavy atom. The van der Waals surface area contributed by atoms with Gasteiger partial charge in [0.25, 0.3) is 5.91 Å². The van der Waals surface area contributed by atoms with Crippen LogP contribution in [0.25, 0.3) is 10.4 Å². The molecule has 0 atom stereocenters. The molecule has 0 saturated carbocycles. The molecular weight excluding hydrogens is 404 g/mol. The third-order valence-corrected chi connectivity index (χ3v) is 6.17. The van der Waals surface area contributed by atoms with Crippen LogP contribution in [0.1, 0.15) is 28.1 Å². The van der Waals surface area contributed by atoms with Crippen LogP contribution in [-0.2, 0) is 6.61 Å². The molecule has 0 radical (unpaired) electrons. The van der Waals surface area contributed by atoms with Crippen LogP contribution in [0, 0.1) is 0 Å². The minimum absolute atomic E-state index is 0. The van der Waals surface area contributed by atoms with Crippen molar-refractivity contribution < 1.29 is 9.53 Å². The van der Waals surface area contributed by atoms with Gasteiger partial charge in [0.2, 0.25) is 0 Å². The zero-order valence-corrected chi connectivity index (χ0v) is 17.8. The van der Waals surface area contributed by atoms with Gasteiger partial charge in [-0.3, -0.25) is 4.79 Å². The van der Waals surface area contributed by atoms with E-state index in [9.17, 15) is 4.79 Å². The molecule has 1 fully saturated rings. The molecule has 0 bridgehead atoms. The Balaban J connectivity index is 0.00000240. The van der Waals surface area contributed by atoms with E-state index in [1.54, 1.807) is 0 Å². The molecule has 4 nitrogen and oxygen atoms in total. The first kappa shape index (κ1) is 21.4. The van der Waals surface area contributed by atoms with Crippen LogP contribution in [0.3, 0.4) is 0 Å². The number of thiophene rings is 1. The standard InChI is InChI=1S/C23H24N2O2S.ClH/c24-19-11-13-25(14-12-19)23(26)22-20(27-16-17-7-3-1-4-8-17)15-21(28-22)18-9-5-2-6-10-18;/h1-10,15,19H,11-14,16,24H2;1H. The van der Waals surface area contributed by atoms with Gasteiger partial charge >= 0.3 is 0 Å². The second-order valence-electron chi connectivity index (χ2n) is 7.07. The second kappa shape index (κ2) is 9.92. The van der Waals surface area contributed by atoms with Crippen LogP contribution in [-0.4, -0.2) is 29.9 Å². The molecular formula is C23H25ClN2O2S. The molecule has 4 rings (SSSR count). The lowest BCUT2D eigenvalue weighted by molar-refractivity contribution is 0.0715. The summed E-state index contributed by atoms with van der Waals surface area (Å²) in [6, 6.07) is 22.3. The summed E-state index contributed by atoms with van der Waals surface area (Å²) in [4.78, 5) is 16.8. The van der Waals surface area contributed by atoms with E-state index in [0.717, 1.165) is 28.8 Å². The van der Waals surface area contributed by atoms with Gasteiger partial charge in [-0.25, -0.2) is 0 Å². The van der Waals surface area contributed by atoms with Crippen molar-refractivity contribution >= 4 is 29.7 Å². The first-order chi connectivity index (χ1) is 13.7. The first-order valence-electron chi connectivity index (χ1n) is 9.61. The molecule has 0 spiro atoms. The van der Waals surface area contributed by atoms with E-state index in [-0.39, 0.29) is 24.4 Å². The van der Waals surface area contributed by atoms with Crippen molar-refractivity contribution in [3.63, 3.8) is 0 Å². The third kappa shape index (κ3) is 5.18. The van der Waals surface area contributed by atoms with Gasteiger partial charge in [-0.15, -0.1) is 23.7 Å². The van der Waals surface area contributed by atoms with Gasteiger partial charge in [0.15, 0.2) is 0 Å². The topological polar surface area (TPSA) is 55.6 Å². The Morgan fingerprint density at radius 3 is 2.31 bits per heavy atom. The molecule has 3 aromatic rings. The predicted molar refractivity (Wildman–Crippen MR) is 121 cm³/mol. The number of nitrogens with two attached hydrogens (primary N) is 1. The molecule has 2 heterocycles. The van der Waals surface area contributed by atoms with Crippen molar-refractivity contribution in [3.05, 3.63) is 77.2 Å². The van der Waals surface area contributed by atoms with Crippen molar-refractivity contribution in [1.82, 2.24) is 4.90 Å². The molecule has 1 aromatic heterocycles. The fourth-order valence-electron chi connectivity index (χ4n) is 3.36. The van der Waals surface area contributed by atoms with E-state index < -0.39 is 0 Å². The Morgan fingerprint density at radius 2 is 1.66 bits per heavy atom. The highest BCUT2D eigenvalue weighted by molar-refractivity contribution is 7.17. The molecule has 152 valence electrons. The number of amides is 1. The van der Waals surface area contributed by atoms with Crippen LogP contribution in [0.5, 0.6) is 5.75 Å². The molecule has 2 N–H and O–H groups in total. The maximum atomic E-state index is 13.2. The van der Waals surface area contributed by atoms with E-state index in [2.05, 4.69) is 12.1 Å². The largest absolute Gasteiger partial charge is 0.487 e. The molecule has 1 aliphatic heterocycles. The molecule has 0 aliphatic carbocycles. The summed E-state index contributed by atoms with van der Waals surface area (Å²) in [5.41, 5.74) is 8.17. The van der Waals surface area contributed by atoms with Gasteiger partial charge in [-0.1, -0.05) is 60.7 Å². The van der Waals surface area contributed by atoms with Gasteiger partial charge in [0, 0.05) is 24.0 Å². The highest BCUT2D eigenvalue weighted by Crippen LogP contribution is 2.37. The van der Waals surface area contributed by atoms with Gasteiger partial charge in [0.05, 0.1) is 0 Å². The number of ether oxygens (including phenoxy) is 1. The number of halogens is 1. The van der Waals surface area contributed by atoms with Crippen LogP contribution < -0.4 is 10.5 Å². The summed E-state index contributed by atoms with van der Waals surface area (Å²) < 4.78 is 6.10. The van der Waals surface area contributed by atoms with E-state index in [1.807, 2.05) is 59.5 Å². The van der Waals surface area contributed by atoms with Crippen LogP contribution in [0.15, 0.2) is 66.7 Å². The number of nitrogens with zero attached hydrogens (tertiary/aromatic N) is 1. The normalized spacial score (nSPS) is 14.3. The zero-order valence-electron chi connectivity index (χ0n) is 16.1. The highest BCUT2D eigenvalue weighted by Gasteiger charge is 2.26. The average Bonchev–Trinajstić information content (AvgIpc) is 3.18. The monoisotopic (exact) mass is 428 g/mol. The summed E-state index contributed by atoms with van der Waals surface area (Å²) in [6.07, 6.45) is 1.70. The number of hydrogen-bond acceptors (Lipinski definition) is 4. The Labute approximate surface area is 181 Å². The van der Waals surface area contributed by atoms with Crippen molar-refractivity contribution in [3.8, 4) is 16.2 Å². The molecule has 6 heteroatoms. The van der Waals surface area contributed by atoms with Crippen molar-refractivity contribution in [1.29, 1.82) is 0 Å². The molecule has 1 amide bonds. The minimum Gasteiger partial charge on any atom is -0.487 e. The Kier molecular flexibility index (Phi) is 7.31. The minimum atomic E-state index is 0. The van der Waals surface area contributed by atoms with Crippen LogP contribution in [0.4, 0.5) is 0 Å². The predicted octanol–water partition coefficient (Wildman–Crippen LogP) is 4.98. The average molecular weight is 429 g/mol. The van der Waals surface area contributed by atoms with E-state index >= 15 is 0 Å². The van der Waals surface area contributed by atoms with E-state index in [1.165, 1.54) is 11.3 Å². The number of benzene rings is 2. The van der Waals surface area contributed by atoms with Gasteiger partial charge in [0.1, 0.15) is 17.2 Å². The van der Waals surface area contributed by atoms with Crippen molar-refractivity contribution in [2.75, 3.05) is 13.1 Å². The van der Waals surface area contributed by atoms with Crippen molar-refractivity contribution in [2.45, 2.75) is 25.5 Å². The smallest absolute Gasteiger partial charge is 0.267 e.